The molecule has 1 saturated heterocycles. The Bertz CT molecular complexity index is 1380. The van der Waals surface area contributed by atoms with Gasteiger partial charge in [-0.15, -0.1) is 0 Å². The van der Waals surface area contributed by atoms with E-state index < -0.39 is 17.8 Å². The van der Waals surface area contributed by atoms with Crippen molar-refractivity contribution < 1.29 is 27.6 Å². The molecule has 0 radical (unpaired) electrons. The van der Waals surface area contributed by atoms with Crippen LogP contribution in [0.15, 0.2) is 72.8 Å². The lowest BCUT2D eigenvalue weighted by Gasteiger charge is -2.36. The number of carbonyl (C=O) groups excluding carboxylic acids is 3. The molecule has 4 amide bonds. The number of piperazine rings is 1. The molecule has 0 spiro atoms. The molecule has 1 heterocycles. The molecule has 40 heavy (non-hydrogen) atoms. The summed E-state index contributed by atoms with van der Waals surface area (Å²) < 4.78 is 38.8. The van der Waals surface area contributed by atoms with Crippen LogP contribution in [0.2, 0.25) is 5.02 Å². The van der Waals surface area contributed by atoms with Gasteiger partial charge in [0.15, 0.2) is 0 Å². The fourth-order valence-electron chi connectivity index (χ4n) is 4.23. The minimum absolute atomic E-state index is 0.0827. The number of carbonyl (C=O) groups is 3. The van der Waals surface area contributed by atoms with Crippen LogP contribution in [0.4, 0.5) is 35.0 Å². The normalized spacial score (nSPS) is 13.5. The molecule has 1 aliphatic heterocycles. The van der Waals surface area contributed by atoms with Crippen LogP contribution in [0, 0.1) is 0 Å². The van der Waals surface area contributed by atoms with Gasteiger partial charge in [0.05, 0.1) is 22.7 Å². The Labute approximate surface area is 234 Å². The first-order valence-electron chi connectivity index (χ1n) is 12.4. The van der Waals surface area contributed by atoms with Gasteiger partial charge in [0, 0.05) is 50.3 Å². The number of hydrogen-bond donors (Lipinski definition) is 2. The van der Waals surface area contributed by atoms with Gasteiger partial charge in [0.1, 0.15) is 0 Å². The minimum atomic E-state index is -4.49. The summed E-state index contributed by atoms with van der Waals surface area (Å²) in [5.41, 5.74) is 1.03. The van der Waals surface area contributed by atoms with Crippen LogP contribution < -0.4 is 15.5 Å². The van der Waals surface area contributed by atoms with E-state index in [9.17, 15) is 27.6 Å². The zero-order valence-electron chi connectivity index (χ0n) is 21.5. The zero-order valence-corrected chi connectivity index (χ0v) is 22.3. The maximum absolute atomic E-state index is 12.9. The molecule has 1 aliphatic rings. The van der Waals surface area contributed by atoms with E-state index in [1.54, 1.807) is 41.3 Å². The highest BCUT2D eigenvalue weighted by molar-refractivity contribution is 6.33. The summed E-state index contributed by atoms with van der Waals surface area (Å²) in [6.45, 7) is 1.66. The minimum Gasteiger partial charge on any atom is -0.368 e. The number of anilines is 3. The SMILES string of the molecule is CN(CC(=O)Nc1ccc(N2CCN(C(=O)Nc3cccc(C(F)(F)F)c3)CC2)cc1)C(=O)c1ccccc1Cl. The third kappa shape index (κ3) is 7.23. The van der Waals surface area contributed by atoms with Gasteiger partial charge in [-0.2, -0.15) is 13.2 Å². The molecule has 0 aromatic heterocycles. The first-order chi connectivity index (χ1) is 19.0. The number of likely N-dealkylation sites (N-methyl/N-ethyl adjacent to an activating group) is 1. The van der Waals surface area contributed by atoms with Gasteiger partial charge < -0.3 is 25.3 Å². The summed E-state index contributed by atoms with van der Waals surface area (Å²) in [6, 6.07) is 17.9. The summed E-state index contributed by atoms with van der Waals surface area (Å²) in [5, 5.41) is 5.61. The monoisotopic (exact) mass is 573 g/mol. The third-order valence-corrected chi connectivity index (χ3v) is 6.69. The summed E-state index contributed by atoms with van der Waals surface area (Å²) in [6.07, 6.45) is -4.49. The van der Waals surface area contributed by atoms with Crippen LogP contribution >= 0.6 is 11.6 Å². The van der Waals surface area contributed by atoms with Crippen molar-refractivity contribution in [3.8, 4) is 0 Å². The Kier molecular flexibility index (Phi) is 8.83. The van der Waals surface area contributed by atoms with Gasteiger partial charge in [0.25, 0.3) is 5.91 Å². The molecule has 0 saturated carbocycles. The molecule has 0 aliphatic carbocycles. The van der Waals surface area contributed by atoms with Crippen LogP contribution in [0.25, 0.3) is 0 Å². The summed E-state index contributed by atoms with van der Waals surface area (Å²) in [5.74, 6) is -0.727. The van der Waals surface area contributed by atoms with E-state index in [1.165, 1.54) is 24.1 Å². The highest BCUT2D eigenvalue weighted by Gasteiger charge is 2.31. The third-order valence-electron chi connectivity index (χ3n) is 6.36. The van der Waals surface area contributed by atoms with E-state index in [2.05, 4.69) is 15.5 Å². The topological polar surface area (TPSA) is 85.0 Å². The van der Waals surface area contributed by atoms with Gasteiger partial charge in [0.2, 0.25) is 5.91 Å². The van der Waals surface area contributed by atoms with Gasteiger partial charge >= 0.3 is 12.2 Å². The quantitative estimate of drug-likeness (QED) is 0.412. The van der Waals surface area contributed by atoms with Crippen molar-refractivity contribution in [2.45, 2.75) is 6.18 Å². The van der Waals surface area contributed by atoms with Crippen LogP contribution in [0.1, 0.15) is 15.9 Å². The molecule has 2 N–H and O–H groups in total. The summed E-state index contributed by atoms with van der Waals surface area (Å²) in [4.78, 5) is 42.5. The Morgan fingerprint density at radius 2 is 1.55 bits per heavy atom. The van der Waals surface area contributed by atoms with E-state index in [-0.39, 0.29) is 24.0 Å². The Morgan fingerprint density at radius 3 is 2.20 bits per heavy atom. The van der Waals surface area contributed by atoms with Gasteiger partial charge in [-0.3, -0.25) is 9.59 Å². The largest absolute Gasteiger partial charge is 0.416 e. The lowest BCUT2D eigenvalue weighted by atomic mass is 10.2. The number of rotatable bonds is 6. The second-order valence-electron chi connectivity index (χ2n) is 9.22. The number of benzene rings is 3. The highest BCUT2D eigenvalue weighted by atomic mass is 35.5. The molecule has 4 rings (SSSR count). The second kappa shape index (κ2) is 12.3. The van der Waals surface area contributed by atoms with E-state index in [4.69, 9.17) is 11.6 Å². The van der Waals surface area contributed by atoms with Crippen LogP contribution in [-0.4, -0.2) is 67.4 Å². The number of nitrogens with one attached hydrogen (secondary N) is 2. The number of urea groups is 1. The van der Waals surface area contributed by atoms with Crippen molar-refractivity contribution in [2.24, 2.45) is 0 Å². The molecule has 1 fully saturated rings. The van der Waals surface area contributed by atoms with Gasteiger partial charge in [-0.05, 0) is 54.6 Å². The lowest BCUT2D eigenvalue weighted by molar-refractivity contribution is -0.137. The van der Waals surface area contributed by atoms with Crippen LogP contribution in [0.5, 0.6) is 0 Å². The van der Waals surface area contributed by atoms with Crippen LogP contribution in [0.3, 0.4) is 0 Å². The number of halogens is 4. The highest BCUT2D eigenvalue weighted by Crippen LogP contribution is 2.30. The molecule has 210 valence electrons. The molecule has 8 nitrogen and oxygen atoms in total. The van der Waals surface area contributed by atoms with Crippen LogP contribution in [-0.2, 0) is 11.0 Å². The van der Waals surface area contributed by atoms with Crippen molar-refractivity contribution >= 4 is 46.5 Å². The van der Waals surface area contributed by atoms with Crippen molar-refractivity contribution in [3.63, 3.8) is 0 Å². The van der Waals surface area contributed by atoms with Crippen molar-refractivity contribution in [2.75, 3.05) is 55.3 Å². The average Bonchev–Trinajstić information content (AvgIpc) is 2.93. The smallest absolute Gasteiger partial charge is 0.368 e. The van der Waals surface area contributed by atoms with E-state index >= 15 is 0 Å². The second-order valence-corrected chi connectivity index (χ2v) is 9.63. The lowest BCUT2D eigenvalue weighted by Crippen LogP contribution is -2.50. The maximum atomic E-state index is 12.9. The zero-order chi connectivity index (χ0) is 28.9. The van der Waals surface area contributed by atoms with E-state index in [1.807, 2.05) is 12.1 Å². The van der Waals surface area contributed by atoms with E-state index in [0.717, 1.165) is 17.8 Å². The Hall–Kier alpha value is -4.25. The number of amides is 4. The molecule has 3 aromatic rings. The molecule has 0 unspecified atom stereocenters. The van der Waals surface area contributed by atoms with Gasteiger partial charge in [-0.25, -0.2) is 4.79 Å². The van der Waals surface area contributed by atoms with Crippen molar-refractivity contribution in [1.82, 2.24) is 9.80 Å². The molecule has 12 heteroatoms. The molecular formula is C28H27ClF3N5O3. The Morgan fingerprint density at radius 1 is 0.875 bits per heavy atom. The van der Waals surface area contributed by atoms with Crippen molar-refractivity contribution in [3.05, 3.63) is 88.9 Å². The fourth-order valence-corrected chi connectivity index (χ4v) is 4.44. The van der Waals surface area contributed by atoms with E-state index in [0.29, 0.717) is 42.5 Å². The first-order valence-corrected chi connectivity index (χ1v) is 12.8. The average molecular weight is 574 g/mol. The molecule has 0 bridgehead atoms. The summed E-state index contributed by atoms with van der Waals surface area (Å²) in [7, 11) is 1.52. The first kappa shape index (κ1) is 28.8. The predicted molar refractivity (Wildman–Crippen MR) is 148 cm³/mol. The Balaban J connectivity index is 1.25. The maximum Gasteiger partial charge on any atom is 0.416 e. The number of hydrogen-bond acceptors (Lipinski definition) is 4. The standard InChI is InChI=1S/C28H27ClF3N5O3/c1-35(26(39)23-7-2-3-8-24(23)29)18-25(38)33-20-9-11-22(12-10-20)36-13-15-37(16-14-36)27(40)34-21-6-4-5-19(17-21)28(30,31)32/h2-12,17H,13-16,18H2,1H3,(H,33,38)(H,34,40). The van der Waals surface area contributed by atoms with Gasteiger partial charge in [-0.1, -0.05) is 29.8 Å². The number of alkyl halides is 3. The molecule has 0 atom stereocenters. The fraction of sp³-hybridized carbons (Fsp3) is 0.250. The predicted octanol–water partition coefficient (Wildman–Crippen LogP) is 5.42. The molecule has 3 aromatic carbocycles. The molecular weight excluding hydrogens is 547 g/mol. The number of nitrogens with zero attached hydrogens (tertiary/aromatic N) is 3. The van der Waals surface area contributed by atoms with Crippen molar-refractivity contribution in [1.29, 1.82) is 0 Å². The summed E-state index contributed by atoms with van der Waals surface area (Å²) >= 11 is 6.07.